The first-order chi connectivity index (χ1) is 13.8. The Morgan fingerprint density at radius 1 is 0.613 bits per heavy atom. The zero-order valence-corrected chi connectivity index (χ0v) is 20.3. The molecule has 0 spiro atoms. The van der Waals surface area contributed by atoms with E-state index in [9.17, 15) is 0 Å². The van der Waals surface area contributed by atoms with Gasteiger partial charge in [0.25, 0.3) is 0 Å². The Balaban J connectivity index is 0.00000114. The molecule has 4 aromatic rings. The second-order valence-electron chi connectivity index (χ2n) is 7.39. The summed E-state index contributed by atoms with van der Waals surface area (Å²) in [5.74, 6) is 0. The molecule has 0 saturated carbocycles. The minimum absolute atomic E-state index is 0. The first kappa shape index (κ1) is 25.2. The topological polar surface area (TPSA) is 14.1 Å². The van der Waals surface area contributed by atoms with Crippen LogP contribution in [0.5, 0.6) is 0 Å². The van der Waals surface area contributed by atoms with E-state index in [2.05, 4.69) is 85.8 Å². The van der Waals surface area contributed by atoms with Crippen LogP contribution in [-0.2, 0) is 28.1 Å². The number of hydrogen-bond donors (Lipinski definition) is 0. The zero-order valence-electron chi connectivity index (χ0n) is 17.2. The number of nitrogens with zero attached hydrogens (tertiary/aromatic N) is 1. The summed E-state index contributed by atoms with van der Waals surface area (Å²) in [7, 11) is 0. The molecule has 0 bridgehead atoms. The maximum absolute atomic E-state index is 4.95. The molecule has 1 aliphatic carbocycles. The summed E-state index contributed by atoms with van der Waals surface area (Å²) in [5, 5.41) is 4.95. The van der Waals surface area contributed by atoms with Crippen LogP contribution in [0.3, 0.4) is 0 Å². The molecule has 31 heavy (non-hydrogen) atoms. The Morgan fingerprint density at radius 2 is 1.16 bits per heavy atom. The van der Waals surface area contributed by atoms with Crippen LogP contribution in [0.25, 0.3) is 27.6 Å². The smallest absolute Gasteiger partial charge is 1.00 e. The third-order valence-electron chi connectivity index (χ3n) is 5.65. The van der Waals surface area contributed by atoms with Crippen LogP contribution < -0.4 is 24.8 Å². The molecule has 1 unspecified atom stereocenters. The summed E-state index contributed by atoms with van der Waals surface area (Å²) in [6.45, 7) is 2.18. The molecule has 0 fully saturated rings. The van der Waals surface area contributed by atoms with Crippen molar-refractivity contribution in [3.8, 4) is 22.3 Å². The van der Waals surface area contributed by atoms with E-state index in [1.807, 2.05) is 18.2 Å². The average Bonchev–Trinajstić information content (AvgIpc) is 3.13. The van der Waals surface area contributed by atoms with Crippen LogP contribution in [0.1, 0.15) is 29.7 Å². The standard InChI is InChI=1S/C27H22N.2ClH.Ti/c1-19(28-21-11-3-2-4-12-21)22-13-7-8-15-24(22)26-17-9-16-25-23-14-6-5-10-20(23)18-27(25)26;;;/h2-17,19H,18H2,1H3;2*1H;/q-1;;;+3/p-2. The van der Waals surface area contributed by atoms with Gasteiger partial charge in [0.05, 0.1) is 0 Å². The van der Waals surface area contributed by atoms with Gasteiger partial charge in [0.1, 0.15) is 0 Å². The molecule has 1 aliphatic rings. The van der Waals surface area contributed by atoms with Crippen molar-refractivity contribution in [2.45, 2.75) is 19.4 Å². The van der Waals surface area contributed by atoms with Crippen LogP contribution in [0.15, 0.2) is 97.1 Å². The van der Waals surface area contributed by atoms with Crippen molar-refractivity contribution in [2.24, 2.45) is 0 Å². The van der Waals surface area contributed by atoms with E-state index in [1.165, 1.54) is 38.9 Å². The van der Waals surface area contributed by atoms with Gasteiger partial charge in [-0.25, -0.2) is 0 Å². The van der Waals surface area contributed by atoms with Crippen molar-refractivity contribution in [3.63, 3.8) is 0 Å². The van der Waals surface area contributed by atoms with E-state index in [0.717, 1.165) is 12.1 Å². The van der Waals surface area contributed by atoms with Crippen molar-refractivity contribution < 1.29 is 46.5 Å². The van der Waals surface area contributed by atoms with E-state index in [0.29, 0.717) is 0 Å². The van der Waals surface area contributed by atoms with Gasteiger partial charge >= 0.3 is 21.7 Å². The van der Waals surface area contributed by atoms with Crippen molar-refractivity contribution in [1.82, 2.24) is 0 Å². The number of fused-ring (bicyclic) bond motifs is 3. The third-order valence-corrected chi connectivity index (χ3v) is 5.65. The van der Waals surface area contributed by atoms with E-state index in [4.69, 9.17) is 5.32 Å². The van der Waals surface area contributed by atoms with Crippen molar-refractivity contribution in [2.75, 3.05) is 0 Å². The van der Waals surface area contributed by atoms with Crippen LogP contribution in [0.2, 0.25) is 0 Å². The average molecular weight is 479 g/mol. The van der Waals surface area contributed by atoms with Crippen LogP contribution in [-0.4, -0.2) is 0 Å². The van der Waals surface area contributed by atoms with E-state index in [1.54, 1.807) is 0 Å². The number of hydrogen-bond acceptors (Lipinski definition) is 0. The molecule has 1 atom stereocenters. The van der Waals surface area contributed by atoms with Crippen LogP contribution in [0, 0.1) is 0 Å². The van der Waals surface area contributed by atoms with Gasteiger partial charge in [-0.1, -0.05) is 116 Å². The number of para-hydroxylation sites is 1. The first-order valence-corrected chi connectivity index (χ1v) is 9.86. The van der Waals surface area contributed by atoms with Gasteiger partial charge in [0.2, 0.25) is 0 Å². The predicted molar refractivity (Wildman–Crippen MR) is 118 cm³/mol. The molecule has 4 heteroatoms. The van der Waals surface area contributed by atoms with Gasteiger partial charge < -0.3 is 30.1 Å². The summed E-state index contributed by atoms with van der Waals surface area (Å²) in [6.07, 6.45) is 1.00. The first-order valence-electron chi connectivity index (χ1n) is 9.86. The molecular weight excluding hydrogens is 457 g/mol. The molecular formula is C27H22Cl2NTi. The molecule has 0 saturated heterocycles. The minimum atomic E-state index is 0. The molecule has 4 aromatic carbocycles. The summed E-state index contributed by atoms with van der Waals surface area (Å²) in [6, 6.07) is 34.5. The molecule has 0 N–H and O–H groups in total. The number of halogens is 2. The maximum atomic E-state index is 4.95. The Kier molecular flexibility index (Phi) is 8.97. The zero-order chi connectivity index (χ0) is 18.9. The monoisotopic (exact) mass is 478 g/mol. The van der Waals surface area contributed by atoms with Crippen molar-refractivity contribution >= 4 is 5.69 Å². The fraction of sp³-hybridized carbons (Fsp3) is 0.111. The Labute approximate surface area is 212 Å². The summed E-state index contributed by atoms with van der Waals surface area (Å²) in [5.41, 5.74) is 10.5. The van der Waals surface area contributed by atoms with Crippen LogP contribution >= 0.6 is 0 Å². The Morgan fingerprint density at radius 3 is 1.90 bits per heavy atom. The molecule has 0 heterocycles. The summed E-state index contributed by atoms with van der Waals surface area (Å²) < 4.78 is 0. The van der Waals surface area contributed by atoms with Gasteiger partial charge in [-0.05, 0) is 39.8 Å². The number of rotatable bonds is 4. The van der Waals surface area contributed by atoms with Crippen molar-refractivity contribution in [3.05, 3.63) is 119 Å². The fourth-order valence-corrected chi connectivity index (χ4v) is 4.32. The molecule has 0 aromatic heterocycles. The molecule has 153 valence electrons. The Bertz CT molecular complexity index is 1140. The van der Waals surface area contributed by atoms with Crippen molar-refractivity contribution in [1.29, 1.82) is 0 Å². The van der Waals surface area contributed by atoms with E-state index < -0.39 is 0 Å². The second-order valence-corrected chi connectivity index (χ2v) is 7.39. The maximum Gasteiger partial charge on any atom is 3.00 e. The van der Waals surface area contributed by atoms with Gasteiger partial charge in [-0.3, -0.25) is 0 Å². The summed E-state index contributed by atoms with van der Waals surface area (Å²) >= 11 is 0. The van der Waals surface area contributed by atoms with E-state index in [-0.39, 0.29) is 52.6 Å². The van der Waals surface area contributed by atoms with Gasteiger partial charge in [0, 0.05) is 0 Å². The van der Waals surface area contributed by atoms with Gasteiger partial charge in [0.15, 0.2) is 0 Å². The van der Waals surface area contributed by atoms with E-state index >= 15 is 0 Å². The number of benzene rings is 4. The van der Waals surface area contributed by atoms with Gasteiger partial charge in [-0.15, -0.1) is 5.69 Å². The third kappa shape index (κ3) is 4.91. The summed E-state index contributed by atoms with van der Waals surface area (Å²) in [4.78, 5) is 0. The predicted octanol–water partition coefficient (Wildman–Crippen LogP) is 1.70. The SMILES string of the molecule is CC([N-]c1ccccc1)c1ccccc1-c1cccc2c1Cc1ccccc1-2.[Cl-].[Cl-].[Ti+3]. The fourth-order valence-electron chi connectivity index (χ4n) is 4.32. The quantitative estimate of drug-likeness (QED) is 0.349. The van der Waals surface area contributed by atoms with Crippen LogP contribution in [0.4, 0.5) is 5.69 Å². The van der Waals surface area contributed by atoms with Gasteiger partial charge in [-0.2, -0.15) is 0 Å². The normalized spacial score (nSPS) is 11.6. The molecule has 1 radical (unpaired) electrons. The minimum Gasteiger partial charge on any atom is -1.00 e. The molecule has 0 amide bonds. The Hall–Kier alpha value is -2.03. The molecule has 1 nitrogen and oxygen atoms in total. The second kappa shape index (κ2) is 11.0. The largest absolute Gasteiger partial charge is 3.00 e. The molecule has 0 aliphatic heterocycles. The molecule has 5 rings (SSSR count).